The number of benzene rings is 3. The van der Waals surface area contributed by atoms with Crippen LogP contribution >= 0.6 is 11.3 Å². The lowest BCUT2D eigenvalue weighted by molar-refractivity contribution is 0.618. The Hall–Kier alpha value is -3.44. The van der Waals surface area contributed by atoms with Crippen LogP contribution in [-0.2, 0) is 0 Å². The molecule has 0 saturated carbocycles. The van der Waals surface area contributed by atoms with Crippen LogP contribution in [0.2, 0.25) is 0 Å². The first-order chi connectivity index (χ1) is 13.8. The summed E-state index contributed by atoms with van der Waals surface area (Å²) in [4.78, 5) is 4.59. The maximum Gasteiger partial charge on any atom is 0.204 e. The topological polar surface area (TPSA) is 50.4 Å². The van der Waals surface area contributed by atoms with Gasteiger partial charge in [0.1, 0.15) is 11.3 Å². The quantitative estimate of drug-likeness (QED) is 0.392. The van der Waals surface area contributed by atoms with E-state index in [1.165, 1.54) is 0 Å². The van der Waals surface area contributed by atoms with E-state index in [1.807, 2.05) is 66.7 Å². The number of rotatable bonds is 3. The average Bonchev–Trinajstić information content (AvgIpc) is 3.15. The number of thiazole rings is 1. The van der Waals surface area contributed by atoms with Crippen LogP contribution in [0.4, 0.5) is 5.13 Å². The predicted octanol–water partition coefficient (Wildman–Crippen LogP) is 5.95. The third kappa shape index (κ3) is 3.17. The summed E-state index contributed by atoms with van der Waals surface area (Å²) >= 11 is 1.59. The van der Waals surface area contributed by atoms with E-state index in [1.54, 1.807) is 11.3 Å². The minimum absolute atomic E-state index is 0.767. The Bertz CT molecular complexity index is 1320. The smallest absolute Gasteiger partial charge is 0.204 e. The van der Waals surface area contributed by atoms with Crippen molar-refractivity contribution >= 4 is 37.7 Å². The number of hydrogen-bond acceptors (Lipinski definition) is 5. The van der Waals surface area contributed by atoms with E-state index >= 15 is 0 Å². The lowest BCUT2D eigenvalue weighted by Gasteiger charge is -2.06. The molecule has 2 heterocycles. The van der Waals surface area contributed by atoms with Gasteiger partial charge in [-0.05, 0) is 36.8 Å². The van der Waals surface area contributed by atoms with Crippen LogP contribution in [0.3, 0.4) is 0 Å². The number of para-hydroxylation sites is 1. The average molecular weight is 383 g/mol. The third-order valence-corrected chi connectivity index (χ3v) is 5.47. The van der Waals surface area contributed by atoms with Crippen LogP contribution in [0.5, 0.6) is 0 Å². The summed E-state index contributed by atoms with van der Waals surface area (Å²) in [6, 6.07) is 26.2. The molecule has 2 aromatic heterocycles. The fourth-order valence-electron chi connectivity index (χ4n) is 3.14. The van der Waals surface area contributed by atoms with Crippen molar-refractivity contribution in [2.45, 2.75) is 6.92 Å². The van der Waals surface area contributed by atoms with Crippen LogP contribution in [0.15, 0.2) is 88.4 Å². The van der Waals surface area contributed by atoms with E-state index in [0.29, 0.717) is 0 Å². The molecule has 3 aromatic carbocycles. The molecule has 5 aromatic rings. The number of aryl methyl sites for hydroxylation is 1. The van der Waals surface area contributed by atoms with Gasteiger partial charge in [-0.25, -0.2) is 4.98 Å². The molecule has 136 valence electrons. The molecule has 4 nitrogen and oxygen atoms in total. The fourth-order valence-corrected chi connectivity index (χ4v) is 3.95. The van der Waals surface area contributed by atoms with Gasteiger partial charge in [0.15, 0.2) is 0 Å². The zero-order valence-corrected chi connectivity index (χ0v) is 16.0. The van der Waals surface area contributed by atoms with Crippen LogP contribution in [0, 0.1) is 6.92 Å². The number of aromatic nitrogens is 1. The second-order valence-corrected chi connectivity index (χ2v) is 7.60. The molecule has 0 aliphatic rings. The van der Waals surface area contributed by atoms with Gasteiger partial charge in [0.05, 0.1) is 15.6 Å². The molecule has 1 N–H and O–H groups in total. The van der Waals surface area contributed by atoms with Crippen molar-refractivity contribution in [2.75, 3.05) is 5.43 Å². The number of anilines is 1. The van der Waals surface area contributed by atoms with Crippen molar-refractivity contribution in [3.63, 3.8) is 0 Å². The summed E-state index contributed by atoms with van der Waals surface area (Å²) in [6.07, 6.45) is 0. The van der Waals surface area contributed by atoms with E-state index in [-0.39, 0.29) is 0 Å². The van der Waals surface area contributed by atoms with Gasteiger partial charge in [0.25, 0.3) is 0 Å². The molecule has 0 fully saturated rings. The number of nitrogens with one attached hydrogen (secondary N) is 1. The van der Waals surface area contributed by atoms with Crippen molar-refractivity contribution in [1.82, 2.24) is 4.98 Å². The Morgan fingerprint density at radius 3 is 2.61 bits per heavy atom. The highest BCUT2D eigenvalue weighted by atomic mass is 32.1. The Morgan fingerprint density at radius 1 is 0.929 bits per heavy atom. The van der Waals surface area contributed by atoms with Gasteiger partial charge in [-0.1, -0.05) is 59.9 Å². The molecular formula is C23H17N3OS. The summed E-state index contributed by atoms with van der Waals surface area (Å²) in [5.74, 6) is 0.781. The molecule has 5 heteroatoms. The maximum absolute atomic E-state index is 6.17. The lowest BCUT2D eigenvalue weighted by Crippen LogP contribution is -2.07. The lowest BCUT2D eigenvalue weighted by atomic mass is 10.1. The van der Waals surface area contributed by atoms with Crippen LogP contribution in [-0.4, -0.2) is 4.98 Å². The maximum atomic E-state index is 6.17. The van der Waals surface area contributed by atoms with Gasteiger partial charge in [-0.3, -0.25) is 5.43 Å². The summed E-state index contributed by atoms with van der Waals surface area (Å²) in [7, 11) is 0. The van der Waals surface area contributed by atoms with Crippen molar-refractivity contribution in [2.24, 2.45) is 5.10 Å². The molecular weight excluding hydrogens is 366 g/mol. The number of fused-ring (bicyclic) bond motifs is 2. The van der Waals surface area contributed by atoms with Gasteiger partial charge in [-0.15, -0.1) is 0 Å². The van der Waals surface area contributed by atoms with Crippen LogP contribution in [0.1, 0.15) is 5.56 Å². The Morgan fingerprint density at radius 2 is 1.75 bits per heavy atom. The molecule has 0 unspecified atom stereocenters. The Labute approximate surface area is 165 Å². The first kappa shape index (κ1) is 16.7. The van der Waals surface area contributed by atoms with Gasteiger partial charge in [-0.2, -0.15) is 5.10 Å². The van der Waals surface area contributed by atoms with Crippen molar-refractivity contribution in [3.05, 3.63) is 89.8 Å². The van der Waals surface area contributed by atoms with Crippen LogP contribution in [0.25, 0.3) is 32.5 Å². The molecule has 0 aliphatic heterocycles. The minimum Gasteiger partial charge on any atom is -0.456 e. The Balaban J connectivity index is 1.65. The molecule has 0 atom stereocenters. The van der Waals surface area contributed by atoms with Gasteiger partial charge in [0.2, 0.25) is 5.13 Å². The van der Waals surface area contributed by atoms with Gasteiger partial charge in [0, 0.05) is 17.0 Å². The third-order valence-electron chi connectivity index (χ3n) is 4.52. The summed E-state index contributed by atoms with van der Waals surface area (Å²) < 4.78 is 7.30. The Kier molecular flexibility index (Phi) is 4.14. The van der Waals surface area contributed by atoms with E-state index in [2.05, 4.69) is 34.6 Å². The number of nitrogens with zero attached hydrogens (tertiary/aromatic N) is 2. The van der Waals surface area contributed by atoms with Crippen molar-refractivity contribution in [1.29, 1.82) is 0 Å². The molecule has 0 spiro atoms. The highest BCUT2D eigenvalue weighted by Crippen LogP contribution is 2.26. The largest absolute Gasteiger partial charge is 0.456 e. The summed E-state index contributed by atoms with van der Waals surface area (Å²) in [5, 5.41) is 7.20. The number of hydrogen-bond donors (Lipinski definition) is 1. The van der Waals surface area contributed by atoms with E-state index < -0.39 is 0 Å². The fraction of sp³-hybridized carbons (Fsp3) is 0.0435. The van der Waals surface area contributed by atoms with Crippen molar-refractivity contribution in [3.8, 4) is 11.3 Å². The van der Waals surface area contributed by atoms with Gasteiger partial charge >= 0.3 is 0 Å². The minimum atomic E-state index is 0.767. The summed E-state index contributed by atoms with van der Waals surface area (Å²) in [6.45, 7) is 2.06. The second-order valence-electron chi connectivity index (χ2n) is 6.57. The summed E-state index contributed by atoms with van der Waals surface area (Å²) in [5.41, 5.74) is 7.07. The SMILES string of the molecule is Cc1ccc2c(=NNc3nc4ccccc4s3)cc(-c3ccccc3)oc2c1. The first-order valence-corrected chi connectivity index (χ1v) is 9.83. The normalized spacial score (nSPS) is 12.0. The molecule has 28 heavy (non-hydrogen) atoms. The molecule has 0 saturated heterocycles. The van der Waals surface area contributed by atoms with Crippen molar-refractivity contribution < 1.29 is 4.42 Å². The van der Waals surface area contributed by atoms with E-state index in [0.717, 1.165) is 48.6 Å². The zero-order valence-electron chi connectivity index (χ0n) is 15.2. The molecule has 0 radical (unpaired) electrons. The zero-order chi connectivity index (χ0) is 18.9. The van der Waals surface area contributed by atoms with Crippen LogP contribution < -0.4 is 10.8 Å². The standard InChI is InChI=1S/C23H17N3OS/c1-15-11-12-17-19(25-26-23-24-18-9-5-6-10-22(18)28-23)14-20(27-21(17)13-15)16-7-3-2-4-8-16/h2-14H,1H3,(H,24,26). The molecule has 0 bridgehead atoms. The second kappa shape index (κ2) is 6.94. The highest BCUT2D eigenvalue weighted by Gasteiger charge is 2.07. The van der Waals surface area contributed by atoms with E-state index in [4.69, 9.17) is 4.42 Å². The monoisotopic (exact) mass is 383 g/mol. The van der Waals surface area contributed by atoms with Gasteiger partial charge < -0.3 is 4.42 Å². The highest BCUT2D eigenvalue weighted by molar-refractivity contribution is 7.22. The molecule has 0 aliphatic carbocycles. The predicted molar refractivity (Wildman–Crippen MR) is 115 cm³/mol. The molecule has 0 amide bonds. The molecule has 5 rings (SSSR count). The van der Waals surface area contributed by atoms with E-state index in [9.17, 15) is 0 Å². The first-order valence-electron chi connectivity index (χ1n) is 9.01.